The summed E-state index contributed by atoms with van der Waals surface area (Å²) in [5.74, 6) is -4.70. The number of carboxylic acids is 2. The van der Waals surface area contributed by atoms with E-state index in [-0.39, 0.29) is 75.8 Å². The Bertz CT molecular complexity index is 1110. The van der Waals surface area contributed by atoms with Gasteiger partial charge in [0.25, 0.3) is 5.91 Å². The number of carbonyl (C=O) groups is 4. The number of hydrogen-bond donors (Lipinski definition) is 2. The van der Waals surface area contributed by atoms with Gasteiger partial charge in [-0.1, -0.05) is 48.5 Å². The van der Waals surface area contributed by atoms with Gasteiger partial charge in [0.15, 0.2) is 0 Å². The van der Waals surface area contributed by atoms with E-state index in [1.54, 1.807) is 0 Å². The van der Waals surface area contributed by atoms with E-state index in [4.69, 9.17) is 5.73 Å². The topological polar surface area (TPSA) is 152 Å². The van der Waals surface area contributed by atoms with Crippen LogP contribution in [0, 0.1) is 0 Å². The molecule has 0 heterocycles. The summed E-state index contributed by atoms with van der Waals surface area (Å²) < 4.78 is 0. The zero-order valence-corrected chi connectivity index (χ0v) is 22.5. The third-order valence-corrected chi connectivity index (χ3v) is 4.22. The third kappa shape index (κ3) is 8.43. The molecule has 0 bridgehead atoms. The molecule has 0 unspecified atom stereocenters. The molecule has 0 spiro atoms. The second kappa shape index (κ2) is 14.6. The first-order valence-corrected chi connectivity index (χ1v) is 8.99. The summed E-state index contributed by atoms with van der Waals surface area (Å²) in [5.41, 5.74) is 4.62. The van der Waals surface area contributed by atoms with Crippen molar-refractivity contribution in [2.75, 3.05) is 7.05 Å². The molecule has 3 rings (SSSR count). The second-order valence-corrected chi connectivity index (χ2v) is 6.19. The predicted molar refractivity (Wildman–Crippen MR) is 109 cm³/mol. The number of primary amides is 1. The minimum absolute atomic E-state index is 0. The maximum atomic E-state index is 11.7. The van der Waals surface area contributed by atoms with Gasteiger partial charge in [-0.15, -0.1) is 0 Å². The van der Waals surface area contributed by atoms with Crippen molar-refractivity contribution in [2.24, 2.45) is 5.73 Å². The molecule has 0 aliphatic rings. The number of rotatable bonds is 5. The average Bonchev–Trinajstić information content (AvgIpc) is 2.79. The van der Waals surface area contributed by atoms with Gasteiger partial charge in [-0.05, 0) is 35.4 Å². The number of aromatic carboxylic acids is 2. The van der Waals surface area contributed by atoms with E-state index in [9.17, 15) is 29.4 Å². The maximum absolute atomic E-state index is 11.7. The van der Waals surface area contributed by atoms with Crippen LogP contribution in [0.2, 0.25) is 0 Å². The summed E-state index contributed by atoms with van der Waals surface area (Å²) in [6, 6.07) is 19.6. The van der Waals surface area contributed by atoms with Gasteiger partial charge < -0.3 is 30.9 Å². The van der Waals surface area contributed by atoms with Crippen molar-refractivity contribution in [3.8, 4) is 11.1 Å². The van der Waals surface area contributed by atoms with Gasteiger partial charge in [0.1, 0.15) is 0 Å². The third-order valence-electron chi connectivity index (χ3n) is 4.22. The SMILES string of the molecule is CNC(=O)c1ccc(-c2ccc(C(N)=O)c(C(=O)[O-])c2)cc1C(=O)[O-].[Na+].[Na+].c1ccccc1. The second-order valence-electron chi connectivity index (χ2n) is 6.19. The van der Waals surface area contributed by atoms with Gasteiger partial charge in [-0.2, -0.15) is 0 Å². The summed E-state index contributed by atoms with van der Waals surface area (Å²) in [6.07, 6.45) is 0. The minimum atomic E-state index is -1.60. The van der Waals surface area contributed by atoms with E-state index in [0.29, 0.717) is 11.1 Å². The van der Waals surface area contributed by atoms with Crippen molar-refractivity contribution in [3.63, 3.8) is 0 Å². The van der Waals surface area contributed by atoms with Crippen LogP contribution in [0.15, 0.2) is 72.8 Å². The first-order valence-electron chi connectivity index (χ1n) is 8.99. The Kier molecular flexibility index (Phi) is 13.5. The van der Waals surface area contributed by atoms with Crippen molar-refractivity contribution in [2.45, 2.75) is 0 Å². The van der Waals surface area contributed by atoms with E-state index in [0.717, 1.165) is 6.07 Å². The van der Waals surface area contributed by atoms with Crippen LogP contribution in [0.1, 0.15) is 41.4 Å². The summed E-state index contributed by atoms with van der Waals surface area (Å²) >= 11 is 0. The number of carbonyl (C=O) groups excluding carboxylic acids is 4. The van der Waals surface area contributed by atoms with Gasteiger partial charge in [-0.25, -0.2) is 0 Å². The summed E-state index contributed by atoms with van der Waals surface area (Å²) in [5, 5.41) is 24.8. The molecule has 3 N–H and O–H groups in total. The molecule has 158 valence electrons. The number of hydrogen-bond acceptors (Lipinski definition) is 6. The number of carboxylic acid groups (broad SMARTS) is 2. The van der Waals surface area contributed by atoms with Crippen molar-refractivity contribution in [1.82, 2.24) is 5.32 Å². The minimum Gasteiger partial charge on any atom is -0.545 e. The summed E-state index contributed by atoms with van der Waals surface area (Å²) in [4.78, 5) is 45.5. The molecule has 3 aromatic carbocycles. The largest absolute Gasteiger partial charge is 1.00 e. The molecule has 33 heavy (non-hydrogen) atoms. The molecule has 8 nitrogen and oxygen atoms in total. The van der Waals surface area contributed by atoms with E-state index in [1.807, 2.05) is 36.4 Å². The zero-order valence-electron chi connectivity index (χ0n) is 18.5. The molecule has 0 fully saturated rings. The molecule has 0 radical (unpaired) electrons. The van der Waals surface area contributed by atoms with Crippen molar-refractivity contribution in [3.05, 3.63) is 95.1 Å². The maximum Gasteiger partial charge on any atom is 1.00 e. The van der Waals surface area contributed by atoms with Gasteiger partial charge >= 0.3 is 59.1 Å². The smallest absolute Gasteiger partial charge is 0.545 e. The Labute approximate surface area is 234 Å². The van der Waals surface area contributed by atoms with E-state index >= 15 is 0 Å². The molecule has 10 heteroatoms. The molecule has 0 aliphatic heterocycles. The molecule has 0 atom stereocenters. The number of amides is 2. The van der Waals surface area contributed by atoms with Crippen LogP contribution >= 0.6 is 0 Å². The number of nitrogens with one attached hydrogen (secondary N) is 1. The monoisotopic (exact) mass is 464 g/mol. The fourth-order valence-corrected chi connectivity index (χ4v) is 2.72. The van der Waals surface area contributed by atoms with Crippen LogP contribution in [0.4, 0.5) is 0 Å². The van der Waals surface area contributed by atoms with E-state index < -0.39 is 29.3 Å². The fourth-order valence-electron chi connectivity index (χ4n) is 2.72. The fraction of sp³-hybridized carbons (Fsp3) is 0.0435. The predicted octanol–water partition coefficient (Wildman–Crippen LogP) is -5.77. The Balaban J connectivity index is 0.00000111. The van der Waals surface area contributed by atoms with Crippen LogP contribution in [0.5, 0.6) is 0 Å². The summed E-state index contributed by atoms with van der Waals surface area (Å²) in [7, 11) is 1.35. The average molecular weight is 464 g/mol. The Morgan fingerprint density at radius 2 is 1.03 bits per heavy atom. The van der Waals surface area contributed by atoms with Gasteiger partial charge in [-0.3, -0.25) is 9.59 Å². The van der Waals surface area contributed by atoms with Gasteiger partial charge in [0.2, 0.25) is 5.91 Å². The molecule has 0 aromatic heterocycles. The molecule has 0 aliphatic carbocycles. The van der Waals surface area contributed by atoms with Crippen molar-refractivity contribution >= 4 is 23.8 Å². The zero-order chi connectivity index (χ0) is 23.0. The molecule has 2 amide bonds. The number of benzene rings is 3. The standard InChI is InChI=1S/C17H14N2O6.C6H6.2Na/c1-19-15(21)11-5-3-9(7-13(11)17(24)25)8-2-4-10(14(18)20)12(6-8)16(22)23;1-2-4-6-5-3-1;;/h2-7H,1H3,(H2,18,20)(H,19,21)(H,22,23)(H,24,25);1-6H;;/q;;2*+1/p-2. The molecule has 0 saturated heterocycles. The first kappa shape index (κ1) is 30.5. The van der Waals surface area contributed by atoms with Crippen LogP contribution in [0.25, 0.3) is 11.1 Å². The molecule has 0 saturated carbocycles. The Morgan fingerprint density at radius 3 is 1.36 bits per heavy atom. The Morgan fingerprint density at radius 1 is 0.667 bits per heavy atom. The first-order chi connectivity index (χ1) is 14.8. The van der Waals surface area contributed by atoms with Gasteiger partial charge in [0.05, 0.1) is 11.9 Å². The normalized spacial score (nSPS) is 9.12. The van der Waals surface area contributed by atoms with Crippen LogP contribution in [-0.4, -0.2) is 30.8 Å². The van der Waals surface area contributed by atoms with Crippen molar-refractivity contribution < 1.29 is 88.5 Å². The van der Waals surface area contributed by atoms with Crippen LogP contribution in [0.3, 0.4) is 0 Å². The van der Waals surface area contributed by atoms with E-state index in [1.165, 1.54) is 37.4 Å². The van der Waals surface area contributed by atoms with Gasteiger partial charge in [0, 0.05) is 29.3 Å². The number of nitrogens with two attached hydrogens (primary N) is 1. The quantitative estimate of drug-likeness (QED) is 0.359. The molecular formula is C23H18N2Na2O6. The molecular weight excluding hydrogens is 446 g/mol. The van der Waals surface area contributed by atoms with Crippen LogP contribution < -0.4 is 80.4 Å². The van der Waals surface area contributed by atoms with Crippen molar-refractivity contribution in [1.29, 1.82) is 0 Å². The molecule has 3 aromatic rings. The van der Waals surface area contributed by atoms with E-state index in [2.05, 4.69) is 5.32 Å². The Hall–Kier alpha value is -2.46. The van der Waals surface area contributed by atoms with Crippen LogP contribution in [-0.2, 0) is 0 Å². The summed E-state index contributed by atoms with van der Waals surface area (Å²) in [6.45, 7) is 0.